The zero-order valence-electron chi connectivity index (χ0n) is 25.2. The van der Waals surface area contributed by atoms with Crippen molar-refractivity contribution in [1.82, 2.24) is 24.3 Å². The molecular weight excluding hydrogens is 563 g/mol. The maximum Gasteiger partial charge on any atom is 0.318 e. The highest BCUT2D eigenvalue weighted by atomic mass is 19.1. The Kier molecular flexibility index (Phi) is 8.23. The molecule has 0 aliphatic carbocycles. The summed E-state index contributed by atoms with van der Waals surface area (Å²) < 4.78 is 21.6. The number of piperazine rings is 1. The molecule has 6 rings (SSSR count). The number of carbonyl (C=O) groups excluding carboxylic acids is 1. The lowest BCUT2D eigenvalue weighted by Crippen LogP contribution is -2.55. The fourth-order valence-electron chi connectivity index (χ4n) is 6.66. The van der Waals surface area contributed by atoms with E-state index in [1.54, 1.807) is 17.8 Å². The van der Waals surface area contributed by atoms with Crippen molar-refractivity contribution >= 4 is 28.2 Å². The number of benzene rings is 1. The number of ether oxygens (including phenoxy) is 1. The molecule has 0 saturated carbocycles. The van der Waals surface area contributed by atoms with E-state index in [0.29, 0.717) is 50.4 Å². The molecule has 5 heterocycles. The normalized spacial score (nSPS) is 20.5. The van der Waals surface area contributed by atoms with Gasteiger partial charge in [0.25, 0.3) is 11.5 Å². The largest absolute Gasteiger partial charge is 0.462 e. The first-order valence-corrected chi connectivity index (χ1v) is 15.1. The molecule has 0 unspecified atom stereocenters. The Morgan fingerprint density at radius 1 is 1.14 bits per heavy atom. The molecule has 2 saturated heterocycles. The number of amides is 1. The fraction of sp³-hybridized carbons (Fsp3) is 0.469. The maximum absolute atomic E-state index is 13.8. The summed E-state index contributed by atoms with van der Waals surface area (Å²) in [5.41, 5.74) is 2.60. The lowest BCUT2D eigenvalue weighted by Gasteiger charge is -2.42. The number of rotatable bonds is 7. The van der Waals surface area contributed by atoms with Crippen LogP contribution < -0.4 is 20.1 Å². The fourth-order valence-corrected chi connectivity index (χ4v) is 6.66. The Morgan fingerprint density at radius 2 is 1.98 bits per heavy atom. The van der Waals surface area contributed by atoms with Crippen molar-refractivity contribution in [3.63, 3.8) is 0 Å². The van der Waals surface area contributed by atoms with Crippen molar-refractivity contribution in [2.45, 2.75) is 44.3 Å². The van der Waals surface area contributed by atoms with Gasteiger partial charge in [0.05, 0.1) is 41.8 Å². The molecule has 1 aromatic carbocycles. The van der Waals surface area contributed by atoms with Crippen LogP contribution in [0.2, 0.25) is 0 Å². The minimum Gasteiger partial charge on any atom is -0.462 e. The van der Waals surface area contributed by atoms with Gasteiger partial charge in [-0.2, -0.15) is 15.2 Å². The number of nitrogens with zero attached hydrogens (tertiary/aromatic N) is 8. The van der Waals surface area contributed by atoms with E-state index in [-0.39, 0.29) is 30.6 Å². The van der Waals surface area contributed by atoms with E-state index in [2.05, 4.69) is 34.4 Å². The van der Waals surface area contributed by atoms with Gasteiger partial charge in [-0.05, 0) is 50.4 Å². The number of anilines is 2. The number of hydrogen-bond donors (Lipinski definition) is 0. The second-order valence-electron chi connectivity index (χ2n) is 11.9. The number of hydrogen-bond acceptors (Lipinski definition) is 9. The first kappa shape index (κ1) is 29.6. The standard InChI is InChI=1S/C32H37FN8O3/c1-21(33)30(42)41-17-16-40(18-23(41)9-12-34)29-25-11-15-39(27-8-4-6-22-10-14-38(3)31(43)28(22)27)19-26(25)35-32(36-29)44-20-24-7-5-13-37(24)2/h4,6,8,10,14,23-24H,1,5,7,9,11,13,15-20H2,2-3H3/t23-,24-/m0/s1. The molecule has 3 aromatic rings. The van der Waals surface area contributed by atoms with Gasteiger partial charge in [0.15, 0.2) is 5.83 Å². The number of aromatic nitrogens is 3. The molecule has 0 bridgehead atoms. The molecule has 2 fully saturated rings. The molecule has 0 N–H and O–H groups in total. The van der Waals surface area contributed by atoms with Crippen LogP contribution in [0.15, 0.2) is 47.7 Å². The first-order valence-electron chi connectivity index (χ1n) is 15.1. The van der Waals surface area contributed by atoms with Gasteiger partial charge in [-0.3, -0.25) is 9.59 Å². The van der Waals surface area contributed by atoms with Crippen LogP contribution >= 0.6 is 0 Å². The SMILES string of the molecule is C=C(F)C(=O)N1CCN(c2nc(OC[C@@H]3CCCN3C)nc3c2CCN(c2cccc4ccn(C)c(=O)c24)C3)C[C@@H]1CC#N. The average molecular weight is 601 g/mol. The molecule has 44 heavy (non-hydrogen) atoms. The molecule has 0 spiro atoms. The monoisotopic (exact) mass is 600 g/mol. The third-order valence-electron chi connectivity index (χ3n) is 9.13. The van der Waals surface area contributed by atoms with Gasteiger partial charge in [0.2, 0.25) is 0 Å². The van der Waals surface area contributed by atoms with E-state index in [0.717, 1.165) is 41.7 Å². The van der Waals surface area contributed by atoms with E-state index in [1.165, 1.54) is 4.90 Å². The molecule has 3 aliphatic heterocycles. The van der Waals surface area contributed by atoms with Gasteiger partial charge < -0.3 is 28.9 Å². The van der Waals surface area contributed by atoms with Crippen LogP contribution in [0.25, 0.3) is 10.8 Å². The number of likely N-dealkylation sites (tertiary alicyclic amines) is 1. The van der Waals surface area contributed by atoms with E-state index < -0.39 is 17.8 Å². The van der Waals surface area contributed by atoms with Crippen LogP contribution in [0.3, 0.4) is 0 Å². The second kappa shape index (κ2) is 12.2. The van der Waals surface area contributed by atoms with Crippen molar-refractivity contribution in [3.05, 3.63) is 64.5 Å². The van der Waals surface area contributed by atoms with Gasteiger partial charge in [0.1, 0.15) is 12.4 Å². The summed E-state index contributed by atoms with van der Waals surface area (Å²) in [6.45, 7) is 6.75. The molecule has 0 radical (unpaired) electrons. The highest BCUT2D eigenvalue weighted by Crippen LogP contribution is 2.34. The molecule has 3 aliphatic rings. The van der Waals surface area contributed by atoms with Crippen LogP contribution in [0.1, 0.15) is 30.5 Å². The topological polar surface area (TPSA) is 111 Å². The summed E-state index contributed by atoms with van der Waals surface area (Å²) in [4.78, 5) is 43.4. The van der Waals surface area contributed by atoms with E-state index in [9.17, 15) is 19.2 Å². The number of carbonyl (C=O) groups is 1. The third-order valence-corrected chi connectivity index (χ3v) is 9.13. The maximum atomic E-state index is 13.8. The average Bonchev–Trinajstić information content (AvgIpc) is 3.44. The molecule has 2 atom stereocenters. The smallest absolute Gasteiger partial charge is 0.318 e. The Labute approximate surface area is 255 Å². The zero-order chi connectivity index (χ0) is 31.0. The minimum absolute atomic E-state index is 0.0520. The summed E-state index contributed by atoms with van der Waals surface area (Å²) in [6.07, 6.45) is 4.63. The first-order chi connectivity index (χ1) is 21.2. The summed E-state index contributed by atoms with van der Waals surface area (Å²) in [7, 11) is 3.85. The number of pyridine rings is 1. The zero-order valence-corrected chi connectivity index (χ0v) is 25.2. The lowest BCUT2D eigenvalue weighted by atomic mass is 10.0. The highest BCUT2D eigenvalue weighted by molar-refractivity contribution is 5.93. The van der Waals surface area contributed by atoms with Crippen molar-refractivity contribution < 1.29 is 13.9 Å². The Bertz CT molecular complexity index is 1700. The van der Waals surface area contributed by atoms with Crippen LogP contribution in [0.5, 0.6) is 6.01 Å². The van der Waals surface area contributed by atoms with Gasteiger partial charge in [-0.25, -0.2) is 4.39 Å². The van der Waals surface area contributed by atoms with Crippen molar-refractivity contribution in [3.8, 4) is 12.1 Å². The van der Waals surface area contributed by atoms with Crippen LogP contribution in [-0.4, -0.2) is 88.7 Å². The molecule has 12 heteroatoms. The van der Waals surface area contributed by atoms with Gasteiger partial charge in [-0.15, -0.1) is 0 Å². The Hall–Kier alpha value is -4.50. The summed E-state index contributed by atoms with van der Waals surface area (Å²) in [5, 5.41) is 11.1. The van der Waals surface area contributed by atoms with E-state index in [1.807, 2.05) is 24.3 Å². The number of likely N-dealkylation sites (N-methyl/N-ethyl adjacent to an activating group) is 1. The van der Waals surface area contributed by atoms with Crippen molar-refractivity contribution in [2.75, 3.05) is 56.2 Å². The van der Waals surface area contributed by atoms with Crippen LogP contribution in [0, 0.1) is 11.3 Å². The summed E-state index contributed by atoms with van der Waals surface area (Å²) in [6, 6.07) is 10.0. The molecule has 2 aromatic heterocycles. The summed E-state index contributed by atoms with van der Waals surface area (Å²) >= 11 is 0. The second-order valence-corrected chi connectivity index (χ2v) is 11.9. The molecular formula is C32H37FN8O3. The van der Waals surface area contributed by atoms with E-state index in [4.69, 9.17) is 14.7 Å². The number of fused-ring (bicyclic) bond motifs is 2. The van der Waals surface area contributed by atoms with Crippen LogP contribution in [-0.2, 0) is 24.8 Å². The van der Waals surface area contributed by atoms with Crippen molar-refractivity contribution in [1.29, 1.82) is 5.26 Å². The molecule has 11 nitrogen and oxygen atoms in total. The number of halogens is 1. The minimum atomic E-state index is -1.03. The third kappa shape index (κ3) is 5.59. The lowest BCUT2D eigenvalue weighted by molar-refractivity contribution is -0.131. The van der Waals surface area contributed by atoms with E-state index >= 15 is 0 Å². The number of aryl methyl sites for hydroxylation is 1. The van der Waals surface area contributed by atoms with Gasteiger partial charge in [0, 0.05) is 51.0 Å². The number of nitriles is 1. The summed E-state index contributed by atoms with van der Waals surface area (Å²) in [5.74, 6) is -1.10. The van der Waals surface area contributed by atoms with Gasteiger partial charge in [-0.1, -0.05) is 18.7 Å². The van der Waals surface area contributed by atoms with Crippen molar-refractivity contribution in [2.24, 2.45) is 7.05 Å². The predicted molar refractivity (Wildman–Crippen MR) is 165 cm³/mol. The highest BCUT2D eigenvalue weighted by Gasteiger charge is 2.35. The van der Waals surface area contributed by atoms with Crippen LogP contribution in [0.4, 0.5) is 15.9 Å². The Morgan fingerprint density at radius 3 is 2.73 bits per heavy atom. The van der Waals surface area contributed by atoms with Gasteiger partial charge >= 0.3 is 6.01 Å². The molecule has 1 amide bonds. The molecule has 230 valence electrons. The quantitative estimate of drug-likeness (QED) is 0.378. The predicted octanol–water partition coefficient (Wildman–Crippen LogP) is 2.78. The Balaban J connectivity index is 1.35.